The van der Waals surface area contributed by atoms with Crippen LogP contribution in [0, 0.1) is 6.92 Å². The number of aromatic hydroxyl groups is 1. The Morgan fingerprint density at radius 1 is 1.41 bits per heavy atom. The van der Waals surface area contributed by atoms with Gasteiger partial charge in [0.2, 0.25) is 5.82 Å². The molecule has 1 aromatic carbocycles. The van der Waals surface area contributed by atoms with Crippen LogP contribution in [0.25, 0.3) is 10.7 Å². The molecule has 0 atom stereocenters. The number of benzene rings is 1. The number of anilines is 1. The lowest BCUT2D eigenvalue weighted by molar-refractivity contribution is 0.102. The second-order valence-corrected chi connectivity index (χ2v) is 6.30. The van der Waals surface area contributed by atoms with Crippen molar-refractivity contribution in [3.8, 4) is 16.5 Å². The Kier molecular flexibility index (Phi) is 3.90. The maximum atomic E-state index is 12.3. The van der Waals surface area contributed by atoms with Crippen LogP contribution in [-0.2, 0) is 0 Å². The van der Waals surface area contributed by atoms with E-state index in [1.807, 2.05) is 6.92 Å². The Labute approximate surface area is 137 Å². The van der Waals surface area contributed by atoms with Gasteiger partial charge in [0.1, 0.15) is 0 Å². The molecule has 0 saturated heterocycles. The Hall–Kier alpha value is -2.26. The van der Waals surface area contributed by atoms with Crippen LogP contribution in [0.4, 0.5) is 5.69 Å². The summed E-state index contributed by atoms with van der Waals surface area (Å²) >= 11 is 4.59. The number of tetrazole rings is 1. The Balaban J connectivity index is 1.84. The first-order valence-electron chi connectivity index (χ1n) is 6.17. The molecule has 22 heavy (non-hydrogen) atoms. The van der Waals surface area contributed by atoms with Crippen LogP contribution in [0.1, 0.15) is 15.9 Å². The second kappa shape index (κ2) is 5.85. The van der Waals surface area contributed by atoms with Gasteiger partial charge in [0.25, 0.3) is 5.91 Å². The number of carbonyl (C=O) groups excluding carboxylic acids is 1. The SMILES string of the molecule is Cc1cc(Br)c(O)c(NC(=O)c2csc(-c3nn[nH]n3)c2)c1. The number of halogens is 1. The molecule has 0 fully saturated rings. The highest BCUT2D eigenvalue weighted by molar-refractivity contribution is 9.10. The number of carbonyl (C=O) groups is 1. The molecule has 112 valence electrons. The molecule has 0 spiro atoms. The second-order valence-electron chi connectivity index (χ2n) is 4.53. The predicted octanol–water partition coefficient (Wildman–Crippen LogP) is 2.96. The van der Waals surface area contributed by atoms with E-state index in [2.05, 4.69) is 41.9 Å². The molecule has 0 saturated carbocycles. The predicted molar refractivity (Wildman–Crippen MR) is 86.0 cm³/mol. The van der Waals surface area contributed by atoms with E-state index in [-0.39, 0.29) is 11.7 Å². The van der Waals surface area contributed by atoms with Gasteiger partial charge in [0.15, 0.2) is 5.75 Å². The minimum absolute atomic E-state index is 0.00688. The minimum Gasteiger partial charge on any atom is -0.505 e. The molecule has 3 aromatic rings. The molecular formula is C13H10BrN5O2S. The number of H-pyrrole nitrogens is 1. The third kappa shape index (κ3) is 2.85. The molecule has 3 rings (SSSR count). The normalized spacial score (nSPS) is 10.6. The third-order valence-corrected chi connectivity index (χ3v) is 4.41. The summed E-state index contributed by atoms with van der Waals surface area (Å²) in [6.45, 7) is 1.87. The lowest BCUT2D eigenvalue weighted by Gasteiger charge is -2.09. The minimum atomic E-state index is -0.321. The van der Waals surface area contributed by atoms with E-state index < -0.39 is 0 Å². The quantitative estimate of drug-likeness (QED) is 0.606. The van der Waals surface area contributed by atoms with Crippen molar-refractivity contribution >= 4 is 38.9 Å². The summed E-state index contributed by atoms with van der Waals surface area (Å²) in [6, 6.07) is 5.14. The summed E-state index contributed by atoms with van der Waals surface area (Å²) < 4.78 is 0.528. The fourth-order valence-electron chi connectivity index (χ4n) is 1.86. The summed E-state index contributed by atoms with van der Waals surface area (Å²) in [6.07, 6.45) is 0. The summed E-state index contributed by atoms with van der Waals surface area (Å²) in [5.41, 5.74) is 1.73. The molecule has 2 aromatic heterocycles. The van der Waals surface area contributed by atoms with Crippen LogP contribution in [0.3, 0.4) is 0 Å². The van der Waals surface area contributed by atoms with Gasteiger partial charge in [-0.05, 0) is 51.8 Å². The highest BCUT2D eigenvalue weighted by atomic mass is 79.9. The van der Waals surface area contributed by atoms with Crippen molar-refractivity contribution in [2.45, 2.75) is 6.92 Å². The average molecular weight is 380 g/mol. The number of nitrogens with zero attached hydrogens (tertiary/aromatic N) is 3. The zero-order chi connectivity index (χ0) is 15.7. The van der Waals surface area contributed by atoms with E-state index in [0.717, 1.165) is 10.4 Å². The summed E-state index contributed by atoms with van der Waals surface area (Å²) in [4.78, 5) is 13.0. The van der Waals surface area contributed by atoms with E-state index in [1.54, 1.807) is 23.6 Å². The lowest BCUT2D eigenvalue weighted by Crippen LogP contribution is -2.11. The van der Waals surface area contributed by atoms with Crippen LogP contribution in [-0.4, -0.2) is 31.6 Å². The maximum Gasteiger partial charge on any atom is 0.256 e. The number of phenolic OH excluding ortho intramolecular Hbond substituents is 1. The van der Waals surface area contributed by atoms with E-state index in [4.69, 9.17) is 0 Å². The topological polar surface area (TPSA) is 104 Å². The third-order valence-electron chi connectivity index (χ3n) is 2.88. The fourth-order valence-corrected chi connectivity index (χ4v) is 3.25. The Bertz CT molecular complexity index is 831. The summed E-state index contributed by atoms with van der Waals surface area (Å²) in [7, 11) is 0. The number of aryl methyl sites for hydroxylation is 1. The van der Waals surface area contributed by atoms with E-state index in [9.17, 15) is 9.90 Å². The van der Waals surface area contributed by atoms with Crippen molar-refractivity contribution < 1.29 is 9.90 Å². The molecule has 0 radical (unpaired) electrons. The van der Waals surface area contributed by atoms with Gasteiger partial charge in [-0.1, -0.05) is 0 Å². The highest BCUT2D eigenvalue weighted by Gasteiger charge is 2.15. The first-order valence-corrected chi connectivity index (χ1v) is 7.84. The van der Waals surface area contributed by atoms with Crippen molar-refractivity contribution in [1.29, 1.82) is 0 Å². The molecule has 0 aliphatic heterocycles. The summed E-state index contributed by atoms with van der Waals surface area (Å²) in [5, 5.41) is 27.9. The molecule has 1 amide bonds. The molecular weight excluding hydrogens is 370 g/mol. The molecule has 0 bridgehead atoms. The summed E-state index contributed by atoms with van der Waals surface area (Å²) in [5.74, 6) is 0.108. The zero-order valence-electron chi connectivity index (χ0n) is 11.3. The van der Waals surface area contributed by atoms with Crippen LogP contribution in [0.15, 0.2) is 28.1 Å². The zero-order valence-corrected chi connectivity index (χ0v) is 13.7. The van der Waals surface area contributed by atoms with Crippen LogP contribution in [0.2, 0.25) is 0 Å². The molecule has 2 heterocycles. The number of aromatic amines is 1. The molecule has 0 aliphatic carbocycles. The average Bonchev–Trinajstić information content (AvgIpc) is 3.14. The van der Waals surface area contributed by atoms with Gasteiger partial charge >= 0.3 is 0 Å². The molecule has 3 N–H and O–H groups in total. The Morgan fingerprint density at radius 2 is 2.23 bits per heavy atom. The van der Waals surface area contributed by atoms with Crippen LogP contribution >= 0.6 is 27.3 Å². The number of rotatable bonds is 3. The van der Waals surface area contributed by atoms with Crippen LogP contribution in [0.5, 0.6) is 5.75 Å². The largest absolute Gasteiger partial charge is 0.505 e. The van der Waals surface area contributed by atoms with Gasteiger partial charge in [0.05, 0.1) is 20.6 Å². The molecule has 7 nitrogen and oxygen atoms in total. The first-order chi connectivity index (χ1) is 10.5. The lowest BCUT2D eigenvalue weighted by atomic mass is 10.2. The van der Waals surface area contributed by atoms with Crippen molar-refractivity contribution in [3.63, 3.8) is 0 Å². The number of nitrogens with one attached hydrogen (secondary N) is 2. The molecule has 0 aliphatic rings. The smallest absolute Gasteiger partial charge is 0.256 e. The van der Waals surface area contributed by atoms with Gasteiger partial charge in [0, 0.05) is 5.38 Å². The van der Waals surface area contributed by atoms with Crippen molar-refractivity contribution in [1.82, 2.24) is 20.6 Å². The van der Waals surface area contributed by atoms with E-state index >= 15 is 0 Å². The monoisotopic (exact) mass is 379 g/mol. The maximum absolute atomic E-state index is 12.3. The Morgan fingerprint density at radius 3 is 2.95 bits per heavy atom. The van der Waals surface area contributed by atoms with Gasteiger partial charge in [-0.2, -0.15) is 5.21 Å². The van der Waals surface area contributed by atoms with E-state index in [1.165, 1.54) is 11.3 Å². The van der Waals surface area contributed by atoms with Gasteiger partial charge in [-0.15, -0.1) is 21.5 Å². The van der Waals surface area contributed by atoms with Crippen molar-refractivity contribution in [2.75, 3.05) is 5.32 Å². The highest BCUT2D eigenvalue weighted by Crippen LogP contribution is 2.34. The number of hydrogen-bond acceptors (Lipinski definition) is 6. The number of hydrogen-bond donors (Lipinski definition) is 3. The number of thiophene rings is 1. The number of amides is 1. The fraction of sp³-hybridized carbons (Fsp3) is 0.0769. The van der Waals surface area contributed by atoms with E-state index in [0.29, 0.717) is 21.5 Å². The standard InChI is InChI=1S/C13H10BrN5O2S/c1-6-2-8(14)11(20)9(3-6)15-13(21)7-4-10(22-5-7)12-16-18-19-17-12/h2-5,20H,1H3,(H,15,21)(H,16,17,18,19). The first kappa shape index (κ1) is 14.7. The molecule has 0 unspecified atom stereocenters. The van der Waals surface area contributed by atoms with Crippen molar-refractivity contribution in [2.24, 2.45) is 0 Å². The van der Waals surface area contributed by atoms with Crippen LogP contribution < -0.4 is 5.32 Å². The van der Waals surface area contributed by atoms with Gasteiger partial charge in [-0.25, -0.2) is 0 Å². The van der Waals surface area contributed by atoms with Crippen molar-refractivity contribution in [3.05, 3.63) is 39.2 Å². The van der Waals surface area contributed by atoms with Gasteiger partial charge in [-0.3, -0.25) is 4.79 Å². The van der Waals surface area contributed by atoms with Gasteiger partial charge < -0.3 is 10.4 Å². The molecule has 9 heteroatoms. The number of phenols is 1. The number of aromatic nitrogens is 4.